The Bertz CT molecular complexity index is 633. The molecule has 0 bridgehead atoms. The van der Waals surface area contributed by atoms with E-state index in [1.54, 1.807) is 6.07 Å². The molecular formula is C14H14O3S. The van der Waals surface area contributed by atoms with Crippen LogP contribution in [0.5, 0.6) is 0 Å². The lowest BCUT2D eigenvalue weighted by Gasteiger charge is -2.13. The van der Waals surface area contributed by atoms with Gasteiger partial charge in [0.05, 0.1) is 4.90 Å². The maximum absolute atomic E-state index is 11.1. The van der Waals surface area contributed by atoms with Crippen LogP contribution < -0.4 is 0 Å². The maximum Gasteiger partial charge on any atom is 0.294 e. The molecule has 2 aromatic rings. The quantitative estimate of drug-likeness (QED) is 0.865. The van der Waals surface area contributed by atoms with E-state index in [0.717, 1.165) is 11.1 Å². The topological polar surface area (TPSA) is 54.4 Å². The Labute approximate surface area is 107 Å². The van der Waals surface area contributed by atoms with Gasteiger partial charge in [-0.25, -0.2) is 0 Å². The van der Waals surface area contributed by atoms with Gasteiger partial charge in [0.1, 0.15) is 0 Å². The molecule has 0 radical (unpaired) electrons. The minimum absolute atomic E-state index is 0.0669. The summed E-state index contributed by atoms with van der Waals surface area (Å²) in [6.45, 7) is 2.00. The van der Waals surface area contributed by atoms with Crippen LogP contribution in [-0.2, 0) is 10.1 Å². The molecule has 0 aromatic heterocycles. The van der Waals surface area contributed by atoms with Crippen LogP contribution in [0, 0.1) is 0 Å². The van der Waals surface area contributed by atoms with E-state index >= 15 is 0 Å². The van der Waals surface area contributed by atoms with Gasteiger partial charge in [0.25, 0.3) is 10.1 Å². The van der Waals surface area contributed by atoms with Crippen LogP contribution in [0.15, 0.2) is 59.5 Å². The van der Waals surface area contributed by atoms with Gasteiger partial charge in [0.15, 0.2) is 0 Å². The third-order valence-corrected chi connectivity index (χ3v) is 3.81. The van der Waals surface area contributed by atoms with E-state index in [9.17, 15) is 8.42 Å². The molecule has 3 nitrogen and oxygen atoms in total. The second kappa shape index (κ2) is 4.92. The average molecular weight is 262 g/mol. The van der Waals surface area contributed by atoms with Crippen molar-refractivity contribution in [1.29, 1.82) is 0 Å². The van der Waals surface area contributed by atoms with Gasteiger partial charge in [0, 0.05) is 5.92 Å². The maximum atomic E-state index is 11.1. The highest BCUT2D eigenvalue weighted by atomic mass is 32.2. The Balaban J connectivity index is 2.41. The normalized spacial score (nSPS) is 13.2. The molecule has 0 aliphatic heterocycles. The molecule has 1 N–H and O–H groups in total. The average Bonchev–Trinajstić information content (AvgIpc) is 2.38. The van der Waals surface area contributed by atoms with Crippen LogP contribution >= 0.6 is 0 Å². The molecule has 0 amide bonds. The van der Waals surface area contributed by atoms with Crippen LogP contribution in [0.2, 0.25) is 0 Å². The predicted molar refractivity (Wildman–Crippen MR) is 70.2 cm³/mol. The Morgan fingerprint density at radius 3 is 2.17 bits per heavy atom. The molecule has 2 rings (SSSR count). The van der Waals surface area contributed by atoms with Crippen molar-refractivity contribution in [3.05, 3.63) is 65.7 Å². The highest BCUT2D eigenvalue weighted by Crippen LogP contribution is 2.25. The van der Waals surface area contributed by atoms with Crippen molar-refractivity contribution in [2.24, 2.45) is 0 Å². The van der Waals surface area contributed by atoms with Crippen LogP contribution in [0.4, 0.5) is 0 Å². The van der Waals surface area contributed by atoms with Crippen LogP contribution in [0.3, 0.4) is 0 Å². The summed E-state index contributed by atoms with van der Waals surface area (Å²) in [6.07, 6.45) is 0. The SMILES string of the molecule is CC(c1ccccc1)c1cccc(S(=O)(=O)O)c1. The molecule has 0 aliphatic rings. The minimum atomic E-state index is -4.14. The van der Waals surface area contributed by atoms with Gasteiger partial charge in [-0.2, -0.15) is 8.42 Å². The van der Waals surface area contributed by atoms with Gasteiger partial charge < -0.3 is 0 Å². The fourth-order valence-corrected chi connectivity index (χ4v) is 2.41. The molecule has 0 saturated heterocycles. The Kier molecular flexibility index (Phi) is 3.50. The third kappa shape index (κ3) is 2.78. The first kappa shape index (κ1) is 12.8. The summed E-state index contributed by atoms with van der Waals surface area (Å²) in [6, 6.07) is 16.2. The lowest BCUT2D eigenvalue weighted by atomic mass is 9.93. The summed E-state index contributed by atoms with van der Waals surface area (Å²) in [4.78, 5) is -0.0669. The van der Waals surface area contributed by atoms with Gasteiger partial charge in [-0.1, -0.05) is 49.4 Å². The zero-order valence-corrected chi connectivity index (χ0v) is 10.8. The molecule has 94 valence electrons. The van der Waals surface area contributed by atoms with E-state index in [2.05, 4.69) is 0 Å². The molecule has 2 aromatic carbocycles. The third-order valence-electron chi connectivity index (χ3n) is 2.96. The van der Waals surface area contributed by atoms with Gasteiger partial charge in [-0.05, 0) is 23.3 Å². The van der Waals surface area contributed by atoms with E-state index in [4.69, 9.17) is 4.55 Å². The summed E-state index contributed by atoms with van der Waals surface area (Å²) in [5.41, 5.74) is 1.96. The summed E-state index contributed by atoms with van der Waals surface area (Å²) < 4.78 is 31.2. The first-order chi connectivity index (χ1) is 8.48. The van der Waals surface area contributed by atoms with Crippen molar-refractivity contribution in [3.8, 4) is 0 Å². The number of benzene rings is 2. The molecule has 1 unspecified atom stereocenters. The Hall–Kier alpha value is -1.65. The first-order valence-electron chi connectivity index (χ1n) is 5.61. The fourth-order valence-electron chi connectivity index (χ4n) is 1.88. The molecule has 0 saturated carbocycles. The highest BCUT2D eigenvalue weighted by molar-refractivity contribution is 7.85. The smallest absolute Gasteiger partial charge is 0.282 e. The molecule has 4 heteroatoms. The standard InChI is InChI=1S/C14H14O3S/c1-11(12-6-3-2-4-7-12)13-8-5-9-14(10-13)18(15,16)17/h2-11H,1H3,(H,15,16,17). The van der Waals surface area contributed by atoms with E-state index in [0.29, 0.717) is 0 Å². The predicted octanol–water partition coefficient (Wildman–Crippen LogP) is 3.09. The fraction of sp³-hybridized carbons (Fsp3) is 0.143. The molecule has 0 aliphatic carbocycles. The van der Waals surface area contributed by atoms with Gasteiger partial charge in [0.2, 0.25) is 0 Å². The van der Waals surface area contributed by atoms with Gasteiger partial charge in [-0.15, -0.1) is 0 Å². The zero-order chi connectivity index (χ0) is 13.2. The van der Waals surface area contributed by atoms with Gasteiger partial charge in [-0.3, -0.25) is 4.55 Å². The number of hydrogen-bond donors (Lipinski definition) is 1. The molecule has 0 spiro atoms. The van der Waals surface area contributed by atoms with Crippen molar-refractivity contribution in [2.45, 2.75) is 17.7 Å². The van der Waals surface area contributed by atoms with Crippen LogP contribution in [0.1, 0.15) is 24.0 Å². The molecular weight excluding hydrogens is 248 g/mol. The highest BCUT2D eigenvalue weighted by Gasteiger charge is 2.13. The molecule has 0 fully saturated rings. The second-order valence-corrected chi connectivity index (χ2v) is 5.60. The van der Waals surface area contributed by atoms with Crippen molar-refractivity contribution in [2.75, 3.05) is 0 Å². The Morgan fingerprint density at radius 2 is 1.56 bits per heavy atom. The lowest BCUT2D eigenvalue weighted by Crippen LogP contribution is -2.01. The van der Waals surface area contributed by atoms with Crippen molar-refractivity contribution in [1.82, 2.24) is 0 Å². The number of rotatable bonds is 3. The number of hydrogen-bond acceptors (Lipinski definition) is 2. The largest absolute Gasteiger partial charge is 0.294 e. The molecule has 0 heterocycles. The van der Waals surface area contributed by atoms with Gasteiger partial charge >= 0.3 is 0 Å². The first-order valence-corrected chi connectivity index (χ1v) is 7.05. The monoisotopic (exact) mass is 262 g/mol. The molecule has 1 atom stereocenters. The summed E-state index contributed by atoms with van der Waals surface area (Å²) >= 11 is 0. The van der Waals surface area contributed by atoms with Crippen molar-refractivity contribution < 1.29 is 13.0 Å². The summed E-state index contributed by atoms with van der Waals surface area (Å²) in [5, 5.41) is 0. The van der Waals surface area contributed by atoms with Crippen LogP contribution in [-0.4, -0.2) is 13.0 Å². The van der Waals surface area contributed by atoms with Crippen molar-refractivity contribution >= 4 is 10.1 Å². The minimum Gasteiger partial charge on any atom is -0.282 e. The summed E-state index contributed by atoms with van der Waals surface area (Å²) in [7, 11) is -4.14. The summed E-state index contributed by atoms with van der Waals surface area (Å²) in [5.74, 6) is 0.0768. The van der Waals surface area contributed by atoms with E-state index in [-0.39, 0.29) is 10.8 Å². The van der Waals surface area contributed by atoms with E-state index < -0.39 is 10.1 Å². The lowest BCUT2D eigenvalue weighted by molar-refractivity contribution is 0.483. The van der Waals surface area contributed by atoms with Crippen molar-refractivity contribution in [3.63, 3.8) is 0 Å². The van der Waals surface area contributed by atoms with Crippen LogP contribution in [0.25, 0.3) is 0 Å². The second-order valence-electron chi connectivity index (χ2n) is 4.18. The Morgan fingerprint density at radius 1 is 0.944 bits per heavy atom. The molecule has 18 heavy (non-hydrogen) atoms. The van der Waals surface area contributed by atoms with E-state index in [1.807, 2.05) is 43.3 Å². The van der Waals surface area contributed by atoms with E-state index in [1.165, 1.54) is 12.1 Å². The zero-order valence-electron chi connectivity index (χ0n) is 9.95.